The molecule has 134 valence electrons. The molecule has 7 nitrogen and oxygen atoms in total. The van der Waals surface area contributed by atoms with E-state index in [-0.39, 0.29) is 11.3 Å². The smallest absolute Gasteiger partial charge is 0.290 e. The van der Waals surface area contributed by atoms with Crippen LogP contribution in [0.15, 0.2) is 41.2 Å². The average molecular weight is 351 g/mol. The van der Waals surface area contributed by atoms with Crippen molar-refractivity contribution in [2.24, 2.45) is 0 Å². The monoisotopic (exact) mass is 351 g/mol. The van der Waals surface area contributed by atoms with E-state index in [4.69, 9.17) is 4.42 Å². The first kappa shape index (κ1) is 16.5. The van der Waals surface area contributed by atoms with Gasteiger partial charge in [0.05, 0.1) is 18.8 Å². The van der Waals surface area contributed by atoms with Gasteiger partial charge in [0.25, 0.3) is 5.91 Å². The van der Waals surface area contributed by atoms with Crippen molar-refractivity contribution in [3.8, 4) is 0 Å². The highest BCUT2D eigenvalue weighted by molar-refractivity contribution is 5.91. The van der Waals surface area contributed by atoms with Crippen LogP contribution in [0, 0.1) is 0 Å². The zero-order chi connectivity index (χ0) is 18.3. The summed E-state index contributed by atoms with van der Waals surface area (Å²) in [5.41, 5.74) is 1.80. The molecule has 1 aliphatic heterocycles. The standard InChI is InChI=1S/C19H21N5O2/c1-19(2,3)18-20-9-13-10-23(12-15(13)22-18)17(25)16-6-5-14(26-16)11-24-8-4-7-21-24/h4-9H,10-12H2,1-3H3. The van der Waals surface area contributed by atoms with E-state index in [2.05, 4.69) is 35.8 Å². The number of carbonyl (C=O) groups excluding carboxylic acids is 1. The third kappa shape index (κ3) is 3.12. The van der Waals surface area contributed by atoms with E-state index >= 15 is 0 Å². The highest BCUT2D eigenvalue weighted by atomic mass is 16.4. The molecule has 0 atom stereocenters. The molecule has 3 aromatic rings. The van der Waals surface area contributed by atoms with Crippen LogP contribution in [-0.4, -0.2) is 30.6 Å². The Balaban J connectivity index is 1.48. The molecule has 26 heavy (non-hydrogen) atoms. The second-order valence-electron chi connectivity index (χ2n) is 7.55. The summed E-state index contributed by atoms with van der Waals surface area (Å²) in [6.45, 7) is 7.73. The summed E-state index contributed by atoms with van der Waals surface area (Å²) in [6.07, 6.45) is 5.40. The summed E-state index contributed by atoms with van der Waals surface area (Å²) in [4.78, 5) is 23.6. The molecule has 7 heteroatoms. The second kappa shape index (κ2) is 6.09. The van der Waals surface area contributed by atoms with E-state index in [0.717, 1.165) is 17.1 Å². The fourth-order valence-corrected chi connectivity index (χ4v) is 2.95. The molecule has 0 aliphatic carbocycles. The van der Waals surface area contributed by atoms with Crippen LogP contribution in [0.4, 0.5) is 0 Å². The van der Waals surface area contributed by atoms with Gasteiger partial charge in [0.2, 0.25) is 0 Å². The van der Waals surface area contributed by atoms with Crippen molar-refractivity contribution >= 4 is 5.91 Å². The normalized spacial score (nSPS) is 13.9. The van der Waals surface area contributed by atoms with Gasteiger partial charge in [0.15, 0.2) is 5.76 Å². The predicted molar refractivity (Wildman–Crippen MR) is 94.3 cm³/mol. The molecular formula is C19H21N5O2. The number of nitrogens with zero attached hydrogens (tertiary/aromatic N) is 5. The number of rotatable bonds is 3. The molecule has 1 aliphatic rings. The highest BCUT2D eigenvalue weighted by Crippen LogP contribution is 2.26. The third-order valence-corrected chi connectivity index (χ3v) is 4.36. The fraction of sp³-hybridized carbons (Fsp3) is 0.368. The van der Waals surface area contributed by atoms with Crippen LogP contribution in [0.1, 0.15) is 54.2 Å². The number of hydrogen-bond donors (Lipinski definition) is 0. The summed E-state index contributed by atoms with van der Waals surface area (Å²) in [5, 5.41) is 4.14. The maximum atomic E-state index is 12.8. The first-order valence-electron chi connectivity index (χ1n) is 8.61. The van der Waals surface area contributed by atoms with Gasteiger partial charge >= 0.3 is 0 Å². The molecule has 0 saturated carbocycles. The Labute approximate surface area is 151 Å². The van der Waals surface area contributed by atoms with Crippen LogP contribution >= 0.6 is 0 Å². The molecule has 0 bridgehead atoms. The largest absolute Gasteiger partial charge is 0.454 e. The predicted octanol–water partition coefficient (Wildman–Crippen LogP) is 2.77. The van der Waals surface area contributed by atoms with E-state index in [1.165, 1.54) is 0 Å². The molecule has 4 rings (SSSR count). The van der Waals surface area contributed by atoms with E-state index in [1.807, 2.05) is 24.5 Å². The van der Waals surface area contributed by atoms with Gasteiger partial charge in [-0.05, 0) is 18.2 Å². The number of amides is 1. The summed E-state index contributed by atoms with van der Waals surface area (Å²) >= 11 is 0. The lowest BCUT2D eigenvalue weighted by Gasteiger charge is -2.16. The van der Waals surface area contributed by atoms with Crippen molar-refractivity contribution in [2.75, 3.05) is 0 Å². The maximum Gasteiger partial charge on any atom is 0.290 e. The van der Waals surface area contributed by atoms with Crippen molar-refractivity contribution in [3.05, 3.63) is 65.4 Å². The first-order valence-corrected chi connectivity index (χ1v) is 8.61. The van der Waals surface area contributed by atoms with Crippen LogP contribution in [-0.2, 0) is 25.0 Å². The van der Waals surface area contributed by atoms with Gasteiger partial charge in [-0.15, -0.1) is 0 Å². The average Bonchev–Trinajstić information content (AvgIpc) is 3.33. The third-order valence-electron chi connectivity index (χ3n) is 4.36. The lowest BCUT2D eigenvalue weighted by molar-refractivity contribution is 0.0716. The van der Waals surface area contributed by atoms with Gasteiger partial charge in [-0.1, -0.05) is 20.8 Å². The number of furan rings is 1. The Morgan fingerprint density at radius 3 is 2.85 bits per heavy atom. The SMILES string of the molecule is CC(C)(C)c1ncc2c(n1)CN(C(=O)c1ccc(Cn3cccn3)o1)C2. The van der Waals surface area contributed by atoms with E-state index in [1.54, 1.807) is 21.8 Å². The van der Waals surface area contributed by atoms with Gasteiger partial charge in [0, 0.05) is 36.1 Å². The number of hydrogen-bond acceptors (Lipinski definition) is 5. The molecule has 0 fully saturated rings. The molecule has 0 radical (unpaired) electrons. The van der Waals surface area contributed by atoms with Gasteiger partial charge in [0.1, 0.15) is 11.6 Å². The number of aromatic nitrogens is 4. The van der Waals surface area contributed by atoms with Crippen LogP contribution in [0.2, 0.25) is 0 Å². The number of fused-ring (bicyclic) bond motifs is 1. The minimum Gasteiger partial charge on any atom is -0.454 e. The molecule has 4 heterocycles. The van der Waals surface area contributed by atoms with Crippen LogP contribution in [0.5, 0.6) is 0 Å². The summed E-state index contributed by atoms with van der Waals surface area (Å²) in [7, 11) is 0. The van der Waals surface area contributed by atoms with Crippen LogP contribution in [0.25, 0.3) is 0 Å². The zero-order valence-electron chi connectivity index (χ0n) is 15.1. The van der Waals surface area contributed by atoms with Crippen molar-refractivity contribution < 1.29 is 9.21 Å². The minimum atomic E-state index is -0.132. The molecule has 0 saturated heterocycles. The van der Waals surface area contributed by atoms with E-state index in [9.17, 15) is 4.79 Å². The quantitative estimate of drug-likeness (QED) is 0.725. The fourth-order valence-electron chi connectivity index (χ4n) is 2.95. The summed E-state index contributed by atoms with van der Waals surface area (Å²) in [6, 6.07) is 5.38. The van der Waals surface area contributed by atoms with Crippen molar-refractivity contribution in [2.45, 2.75) is 45.8 Å². The Morgan fingerprint density at radius 2 is 2.12 bits per heavy atom. The Morgan fingerprint density at radius 1 is 1.27 bits per heavy atom. The summed E-state index contributed by atoms with van der Waals surface area (Å²) in [5.74, 6) is 1.70. The molecule has 0 aromatic carbocycles. The van der Waals surface area contributed by atoms with Gasteiger partial charge in [-0.3, -0.25) is 9.48 Å². The molecular weight excluding hydrogens is 330 g/mol. The second-order valence-corrected chi connectivity index (χ2v) is 7.55. The van der Waals surface area contributed by atoms with Crippen molar-refractivity contribution in [1.82, 2.24) is 24.6 Å². The van der Waals surface area contributed by atoms with Crippen molar-refractivity contribution in [3.63, 3.8) is 0 Å². The Kier molecular flexibility index (Phi) is 3.86. The van der Waals surface area contributed by atoms with E-state index < -0.39 is 0 Å². The zero-order valence-corrected chi connectivity index (χ0v) is 15.1. The maximum absolute atomic E-state index is 12.8. The highest BCUT2D eigenvalue weighted by Gasteiger charge is 2.29. The molecule has 0 N–H and O–H groups in total. The van der Waals surface area contributed by atoms with Gasteiger partial charge in [-0.2, -0.15) is 5.10 Å². The minimum absolute atomic E-state index is 0.116. The number of carbonyl (C=O) groups is 1. The first-order chi connectivity index (χ1) is 12.4. The Bertz CT molecular complexity index is 937. The van der Waals surface area contributed by atoms with Crippen molar-refractivity contribution in [1.29, 1.82) is 0 Å². The molecule has 0 spiro atoms. The Hall–Kier alpha value is -2.96. The van der Waals surface area contributed by atoms with Gasteiger partial charge in [-0.25, -0.2) is 9.97 Å². The van der Waals surface area contributed by atoms with E-state index in [0.29, 0.717) is 31.2 Å². The lowest BCUT2D eigenvalue weighted by atomic mass is 9.95. The van der Waals surface area contributed by atoms with Gasteiger partial charge < -0.3 is 9.32 Å². The van der Waals surface area contributed by atoms with Crippen LogP contribution in [0.3, 0.4) is 0 Å². The molecule has 0 unspecified atom stereocenters. The lowest BCUT2D eigenvalue weighted by Crippen LogP contribution is -2.25. The summed E-state index contributed by atoms with van der Waals surface area (Å²) < 4.78 is 7.47. The molecule has 3 aromatic heterocycles. The molecule has 1 amide bonds. The topological polar surface area (TPSA) is 77.1 Å². The van der Waals surface area contributed by atoms with Crippen LogP contribution < -0.4 is 0 Å².